The number of nitrogen functional groups attached to an aromatic ring is 1. The van der Waals surface area contributed by atoms with Gasteiger partial charge in [-0.2, -0.15) is 5.10 Å². The minimum atomic E-state index is -4.70. The zero-order valence-corrected chi connectivity index (χ0v) is 33.6. The van der Waals surface area contributed by atoms with Crippen LogP contribution in [0.1, 0.15) is 128 Å². The lowest BCUT2D eigenvalue weighted by Crippen LogP contribution is -2.39. The van der Waals surface area contributed by atoms with Crippen molar-refractivity contribution in [3.05, 3.63) is 59.8 Å². The van der Waals surface area contributed by atoms with Gasteiger partial charge in [-0.3, -0.25) is 9.05 Å². The van der Waals surface area contributed by atoms with Crippen molar-refractivity contribution < 1.29 is 47.3 Å². The number of aliphatic hydroxyl groups is 2. The van der Waals surface area contributed by atoms with E-state index in [1.807, 2.05) is 0 Å². The zero-order chi connectivity index (χ0) is 39.5. The summed E-state index contributed by atoms with van der Waals surface area (Å²) in [7, 11) is -4.70. The Kier molecular flexibility index (Phi) is 19.4. The summed E-state index contributed by atoms with van der Waals surface area (Å²) >= 11 is 0. The van der Waals surface area contributed by atoms with Crippen molar-refractivity contribution in [2.75, 3.05) is 32.2 Å². The first kappa shape index (κ1) is 45.2. The molecule has 55 heavy (non-hydrogen) atoms. The number of hydrogen-bond donors (Lipinski definition) is 4. The van der Waals surface area contributed by atoms with Crippen molar-refractivity contribution in [2.24, 2.45) is 0 Å². The lowest BCUT2D eigenvalue weighted by molar-refractivity contribution is -0.0901. The standard InChI is InChI=1S/C40H64FN4O9P/c1-3-4-5-6-7-8-9-10-11-12-13-14-15-16-17-20-25-50-27-32(51-26-31-21-18-19-22-33(31)41)28-52-55(48,49)53-29-35-37(46)38(47)40(2,54-35)36-24-23-34-39(42)43-30-44-45(34)36/h18-19,21-24,30,32,35,37-38,46-47H,3-17,20,25-29H2,1-2H3,(H,48,49)(H2,42,43,44)/t32-,35?,37-,38-,40+/m1/s1. The molecule has 1 aliphatic heterocycles. The van der Waals surface area contributed by atoms with E-state index in [9.17, 15) is 24.1 Å². The molecule has 1 saturated heterocycles. The molecular formula is C40H64FN4O9P. The maximum Gasteiger partial charge on any atom is 0.472 e. The number of nitrogens with two attached hydrogens (primary N) is 1. The number of aliphatic hydroxyl groups excluding tert-OH is 2. The fourth-order valence-corrected chi connectivity index (χ4v) is 7.74. The maximum atomic E-state index is 14.3. The average Bonchev–Trinajstić information content (AvgIpc) is 3.71. The van der Waals surface area contributed by atoms with Gasteiger partial charge in [-0.1, -0.05) is 121 Å². The van der Waals surface area contributed by atoms with Crippen molar-refractivity contribution in [1.82, 2.24) is 14.6 Å². The Hall–Kier alpha value is -2.52. The largest absolute Gasteiger partial charge is 0.472 e. The van der Waals surface area contributed by atoms with E-state index in [4.69, 9.17) is 29.0 Å². The summed E-state index contributed by atoms with van der Waals surface area (Å²) in [6, 6.07) is 9.50. The molecule has 13 nitrogen and oxygen atoms in total. The molecule has 1 aliphatic rings. The number of benzene rings is 1. The number of anilines is 1. The van der Waals surface area contributed by atoms with E-state index < -0.39 is 50.3 Å². The number of rotatable bonds is 29. The minimum Gasteiger partial charge on any atom is -0.387 e. The summed E-state index contributed by atoms with van der Waals surface area (Å²) in [5.74, 6) is -0.210. The molecule has 15 heteroatoms. The van der Waals surface area contributed by atoms with Crippen LogP contribution in [0.3, 0.4) is 0 Å². The Labute approximate surface area is 325 Å². The van der Waals surface area contributed by atoms with Crippen LogP contribution in [0.5, 0.6) is 0 Å². The van der Waals surface area contributed by atoms with Crippen LogP contribution < -0.4 is 5.73 Å². The van der Waals surface area contributed by atoms with Crippen LogP contribution in [0, 0.1) is 5.82 Å². The highest BCUT2D eigenvalue weighted by Crippen LogP contribution is 2.46. The van der Waals surface area contributed by atoms with Crippen LogP contribution in [-0.4, -0.2) is 80.5 Å². The van der Waals surface area contributed by atoms with Crippen molar-refractivity contribution in [3.63, 3.8) is 0 Å². The fourth-order valence-electron chi connectivity index (χ4n) is 6.97. The molecule has 310 valence electrons. The lowest BCUT2D eigenvalue weighted by atomic mass is 9.93. The molecule has 6 atom stereocenters. The molecule has 0 aliphatic carbocycles. The van der Waals surface area contributed by atoms with Gasteiger partial charge in [-0.05, 0) is 31.5 Å². The van der Waals surface area contributed by atoms with Gasteiger partial charge in [0.15, 0.2) is 5.82 Å². The Balaban J connectivity index is 1.15. The van der Waals surface area contributed by atoms with Crippen LogP contribution >= 0.6 is 7.82 Å². The predicted molar refractivity (Wildman–Crippen MR) is 209 cm³/mol. The van der Waals surface area contributed by atoms with Gasteiger partial charge in [-0.15, -0.1) is 0 Å². The first-order valence-corrected chi connectivity index (χ1v) is 21.7. The molecule has 0 bridgehead atoms. The van der Waals surface area contributed by atoms with E-state index >= 15 is 0 Å². The second-order valence-corrected chi connectivity index (χ2v) is 16.3. The van der Waals surface area contributed by atoms with Gasteiger partial charge in [0.05, 0.1) is 32.1 Å². The number of ether oxygens (including phenoxy) is 3. The van der Waals surface area contributed by atoms with Crippen LogP contribution in [-0.2, 0) is 40.0 Å². The third kappa shape index (κ3) is 14.4. The molecule has 0 radical (unpaired) electrons. The highest BCUT2D eigenvalue weighted by Gasteiger charge is 2.54. The maximum absolute atomic E-state index is 14.3. The number of unbranched alkanes of at least 4 members (excludes halogenated alkanes) is 15. The predicted octanol–water partition coefficient (Wildman–Crippen LogP) is 7.78. The monoisotopic (exact) mass is 794 g/mol. The Bertz CT molecular complexity index is 1580. The smallest absolute Gasteiger partial charge is 0.387 e. The van der Waals surface area contributed by atoms with Gasteiger partial charge in [0.2, 0.25) is 0 Å². The average molecular weight is 795 g/mol. The molecule has 1 fully saturated rings. The van der Waals surface area contributed by atoms with E-state index in [2.05, 4.69) is 17.0 Å². The SMILES string of the molecule is CCCCCCCCCCCCCCCCCCOC[C@H](COP(=O)(O)OCC1O[C@@](C)(c2ccc3c(N)ncnn23)[C@H](O)[C@@H]1O)OCc1ccccc1F. The summed E-state index contributed by atoms with van der Waals surface area (Å²) in [6.07, 6.45) is 16.8. The number of hydrogen-bond acceptors (Lipinski definition) is 11. The summed E-state index contributed by atoms with van der Waals surface area (Å²) in [5.41, 5.74) is 5.68. The Morgan fingerprint density at radius 1 is 0.909 bits per heavy atom. The van der Waals surface area contributed by atoms with Gasteiger partial charge < -0.3 is 35.1 Å². The number of aromatic nitrogens is 3. The zero-order valence-electron chi connectivity index (χ0n) is 32.7. The number of fused-ring (bicyclic) bond motifs is 1. The summed E-state index contributed by atoms with van der Waals surface area (Å²) < 4.78 is 56.9. The molecule has 2 unspecified atom stereocenters. The van der Waals surface area contributed by atoms with Crippen LogP contribution in [0.25, 0.3) is 5.52 Å². The van der Waals surface area contributed by atoms with Gasteiger partial charge in [-0.25, -0.2) is 18.5 Å². The van der Waals surface area contributed by atoms with Crippen molar-refractivity contribution >= 4 is 19.2 Å². The summed E-state index contributed by atoms with van der Waals surface area (Å²) in [4.78, 5) is 14.5. The molecule has 3 aromatic rings. The first-order chi connectivity index (χ1) is 26.6. The molecule has 0 spiro atoms. The van der Waals surface area contributed by atoms with E-state index in [0.29, 0.717) is 23.4 Å². The lowest BCUT2D eigenvalue weighted by Gasteiger charge is -2.27. The van der Waals surface area contributed by atoms with Crippen molar-refractivity contribution in [3.8, 4) is 0 Å². The molecule has 0 saturated carbocycles. The quantitative estimate of drug-likeness (QED) is 0.0397. The highest BCUT2D eigenvalue weighted by molar-refractivity contribution is 7.47. The minimum absolute atomic E-state index is 0.0571. The Morgan fingerprint density at radius 2 is 1.53 bits per heavy atom. The molecule has 5 N–H and O–H groups in total. The number of phosphoric ester groups is 1. The molecule has 1 aromatic carbocycles. The molecular weight excluding hydrogens is 730 g/mol. The van der Waals surface area contributed by atoms with Crippen molar-refractivity contribution in [1.29, 1.82) is 0 Å². The normalized spacial score (nSPS) is 21.7. The molecule has 3 heterocycles. The van der Waals surface area contributed by atoms with E-state index in [-0.39, 0.29) is 25.6 Å². The molecule has 0 amide bonds. The topological polar surface area (TPSA) is 180 Å². The van der Waals surface area contributed by atoms with Crippen LogP contribution in [0.2, 0.25) is 0 Å². The third-order valence-corrected chi connectivity index (χ3v) is 11.3. The van der Waals surface area contributed by atoms with Gasteiger partial charge in [0.25, 0.3) is 0 Å². The van der Waals surface area contributed by atoms with E-state index in [1.54, 1.807) is 37.3 Å². The van der Waals surface area contributed by atoms with Crippen LogP contribution in [0.15, 0.2) is 42.7 Å². The summed E-state index contributed by atoms with van der Waals surface area (Å²) in [6.45, 7) is 3.32. The summed E-state index contributed by atoms with van der Waals surface area (Å²) in [5, 5.41) is 26.0. The van der Waals surface area contributed by atoms with E-state index in [0.717, 1.165) is 19.3 Å². The first-order valence-electron chi connectivity index (χ1n) is 20.2. The van der Waals surface area contributed by atoms with Gasteiger partial charge in [0.1, 0.15) is 47.7 Å². The van der Waals surface area contributed by atoms with Gasteiger partial charge >= 0.3 is 7.82 Å². The van der Waals surface area contributed by atoms with Crippen molar-refractivity contribution in [2.45, 2.75) is 153 Å². The van der Waals surface area contributed by atoms with Crippen LogP contribution in [0.4, 0.5) is 10.2 Å². The number of nitrogens with zero attached hydrogens (tertiary/aromatic N) is 3. The third-order valence-electron chi connectivity index (χ3n) is 10.4. The second kappa shape index (κ2) is 23.6. The second-order valence-electron chi connectivity index (χ2n) is 14.8. The van der Waals surface area contributed by atoms with E-state index in [1.165, 1.54) is 100 Å². The highest BCUT2D eigenvalue weighted by atomic mass is 31.2. The fraction of sp³-hybridized carbons (Fsp3) is 0.700. The Morgan fingerprint density at radius 3 is 2.16 bits per heavy atom. The molecule has 2 aromatic heterocycles. The molecule has 4 rings (SSSR count). The van der Waals surface area contributed by atoms with Gasteiger partial charge in [0, 0.05) is 12.2 Å². The number of halogens is 1. The number of phosphoric acid groups is 1.